The predicted octanol–water partition coefficient (Wildman–Crippen LogP) is 1.44. The molecule has 0 fully saturated rings. The molecule has 1 N–H and O–H groups in total. The molecule has 124 valence electrons. The van der Waals surface area contributed by atoms with Crippen LogP contribution in [-0.2, 0) is 20.9 Å². The van der Waals surface area contributed by atoms with E-state index in [9.17, 15) is 14.4 Å². The number of benzene rings is 1. The van der Waals surface area contributed by atoms with E-state index in [1.54, 1.807) is 24.3 Å². The van der Waals surface area contributed by atoms with Gasteiger partial charge in [0, 0.05) is 12.6 Å². The van der Waals surface area contributed by atoms with Crippen molar-refractivity contribution in [3.63, 3.8) is 0 Å². The molecule has 23 heavy (non-hydrogen) atoms. The molecule has 0 aliphatic rings. The van der Waals surface area contributed by atoms with Crippen LogP contribution in [-0.4, -0.2) is 29.1 Å². The number of fused-ring (bicyclic) bond motifs is 1. The van der Waals surface area contributed by atoms with Crippen molar-refractivity contribution in [2.75, 3.05) is 6.61 Å². The minimum atomic E-state index is -0.540. The van der Waals surface area contributed by atoms with E-state index in [-0.39, 0.29) is 31.5 Å². The second-order valence-corrected chi connectivity index (χ2v) is 5.27. The zero-order valence-electron chi connectivity index (χ0n) is 13.2. The first kappa shape index (κ1) is 16.8. The lowest BCUT2D eigenvalue weighted by atomic mass is 10.2. The molecule has 0 bridgehead atoms. The summed E-state index contributed by atoms with van der Waals surface area (Å²) < 4.78 is 11.4. The average Bonchev–Trinajstić information content (AvgIpc) is 2.86. The van der Waals surface area contributed by atoms with E-state index in [1.165, 1.54) is 4.57 Å². The summed E-state index contributed by atoms with van der Waals surface area (Å²) in [6, 6.07) is 7.01. The molecular weight excluding hydrogens is 300 g/mol. The number of carbonyl (C=O) groups excluding carboxylic acids is 2. The van der Waals surface area contributed by atoms with Crippen LogP contribution in [0.1, 0.15) is 26.7 Å². The van der Waals surface area contributed by atoms with Crippen LogP contribution in [0.2, 0.25) is 0 Å². The summed E-state index contributed by atoms with van der Waals surface area (Å²) in [5, 5.41) is 2.70. The monoisotopic (exact) mass is 320 g/mol. The van der Waals surface area contributed by atoms with Gasteiger partial charge < -0.3 is 14.5 Å². The maximum absolute atomic E-state index is 11.8. The first-order valence-electron chi connectivity index (χ1n) is 7.54. The van der Waals surface area contributed by atoms with Gasteiger partial charge in [0.25, 0.3) is 5.91 Å². The molecule has 1 heterocycles. The van der Waals surface area contributed by atoms with Crippen LogP contribution in [0.25, 0.3) is 11.1 Å². The third-order valence-corrected chi connectivity index (χ3v) is 3.50. The molecule has 1 atom stereocenters. The molecule has 2 rings (SSSR count). The Labute approximate surface area is 133 Å². The molecule has 0 spiro atoms. The van der Waals surface area contributed by atoms with Crippen molar-refractivity contribution in [2.24, 2.45) is 0 Å². The molecule has 0 saturated heterocycles. The molecule has 2 aromatic rings. The van der Waals surface area contributed by atoms with E-state index >= 15 is 0 Å². The van der Waals surface area contributed by atoms with Crippen LogP contribution >= 0.6 is 0 Å². The Balaban J connectivity index is 1.86. The number of aromatic nitrogens is 1. The van der Waals surface area contributed by atoms with Gasteiger partial charge in [-0.05, 0) is 25.5 Å². The van der Waals surface area contributed by atoms with Crippen molar-refractivity contribution in [2.45, 2.75) is 39.3 Å². The number of esters is 1. The van der Waals surface area contributed by atoms with Gasteiger partial charge >= 0.3 is 11.7 Å². The quantitative estimate of drug-likeness (QED) is 0.780. The Bertz CT molecular complexity index is 746. The zero-order valence-corrected chi connectivity index (χ0v) is 13.2. The highest BCUT2D eigenvalue weighted by atomic mass is 16.5. The summed E-state index contributed by atoms with van der Waals surface area (Å²) in [5.74, 6) is -1.39. The standard InChI is InChI=1S/C16H20N2O5/c1-3-11(2)17-14(19)10-22-15(20)8-9-18-12-6-4-5-7-13(12)23-16(18)21/h4-7,11H,3,8-10H2,1-2H3,(H,17,19)/t11-/m0/s1. The van der Waals surface area contributed by atoms with Gasteiger partial charge in [-0.2, -0.15) is 0 Å². The third-order valence-electron chi connectivity index (χ3n) is 3.50. The van der Waals surface area contributed by atoms with Crippen molar-refractivity contribution >= 4 is 23.0 Å². The number of ether oxygens (including phenoxy) is 1. The third kappa shape index (κ3) is 4.45. The minimum absolute atomic E-state index is 0.0138. The predicted molar refractivity (Wildman–Crippen MR) is 83.9 cm³/mol. The van der Waals surface area contributed by atoms with Crippen LogP contribution in [0, 0.1) is 0 Å². The van der Waals surface area contributed by atoms with E-state index in [1.807, 2.05) is 13.8 Å². The minimum Gasteiger partial charge on any atom is -0.456 e. The van der Waals surface area contributed by atoms with Crippen molar-refractivity contribution < 1.29 is 18.7 Å². The number of oxazole rings is 1. The normalized spacial score (nSPS) is 12.1. The molecule has 1 aromatic carbocycles. The van der Waals surface area contributed by atoms with E-state index in [2.05, 4.69) is 5.32 Å². The summed E-state index contributed by atoms with van der Waals surface area (Å²) in [7, 11) is 0. The molecular formula is C16H20N2O5. The number of hydrogen-bond acceptors (Lipinski definition) is 5. The molecule has 0 unspecified atom stereocenters. The van der Waals surface area contributed by atoms with Crippen LogP contribution in [0.15, 0.2) is 33.5 Å². The molecule has 0 aliphatic carbocycles. The Hall–Kier alpha value is -2.57. The summed E-state index contributed by atoms with van der Waals surface area (Å²) in [6.45, 7) is 3.64. The Morgan fingerprint density at radius 3 is 2.83 bits per heavy atom. The first-order chi connectivity index (χ1) is 11.0. The van der Waals surface area contributed by atoms with Gasteiger partial charge in [0.2, 0.25) is 0 Å². The Morgan fingerprint density at radius 2 is 2.09 bits per heavy atom. The Kier molecular flexibility index (Phi) is 5.56. The SMILES string of the molecule is CC[C@H](C)NC(=O)COC(=O)CCn1c(=O)oc2ccccc21. The van der Waals surface area contributed by atoms with Crippen LogP contribution in [0.3, 0.4) is 0 Å². The van der Waals surface area contributed by atoms with Gasteiger partial charge in [-0.3, -0.25) is 14.2 Å². The second-order valence-electron chi connectivity index (χ2n) is 5.27. The number of para-hydroxylation sites is 2. The number of carbonyl (C=O) groups is 2. The lowest BCUT2D eigenvalue weighted by Crippen LogP contribution is -2.35. The highest BCUT2D eigenvalue weighted by molar-refractivity contribution is 5.80. The van der Waals surface area contributed by atoms with E-state index in [0.717, 1.165) is 6.42 Å². The fourth-order valence-electron chi connectivity index (χ4n) is 2.07. The largest absolute Gasteiger partial charge is 0.456 e. The van der Waals surface area contributed by atoms with E-state index < -0.39 is 11.7 Å². The number of hydrogen-bond donors (Lipinski definition) is 1. The number of nitrogens with one attached hydrogen (secondary N) is 1. The lowest BCUT2D eigenvalue weighted by Gasteiger charge is -2.11. The van der Waals surface area contributed by atoms with E-state index in [4.69, 9.17) is 9.15 Å². The second kappa shape index (κ2) is 7.62. The average molecular weight is 320 g/mol. The van der Waals surface area contributed by atoms with Crippen LogP contribution in [0.4, 0.5) is 0 Å². The van der Waals surface area contributed by atoms with Crippen LogP contribution < -0.4 is 11.1 Å². The van der Waals surface area contributed by atoms with Crippen molar-refractivity contribution in [1.82, 2.24) is 9.88 Å². The van der Waals surface area contributed by atoms with Gasteiger partial charge in [0.15, 0.2) is 12.2 Å². The first-order valence-corrected chi connectivity index (χ1v) is 7.54. The summed E-state index contributed by atoms with van der Waals surface area (Å²) in [5.41, 5.74) is 1.10. The highest BCUT2D eigenvalue weighted by Gasteiger charge is 2.12. The van der Waals surface area contributed by atoms with Crippen molar-refractivity contribution in [1.29, 1.82) is 0 Å². The molecule has 0 aliphatic heterocycles. The van der Waals surface area contributed by atoms with Crippen LogP contribution in [0.5, 0.6) is 0 Å². The summed E-state index contributed by atoms with van der Waals surface area (Å²) >= 11 is 0. The number of nitrogens with zero attached hydrogens (tertiary/aromatic N) is 1. The number of aryl methyl sites for hydroxylation is 1. The fourth-order valence-corrected chi connectivity index (χ4v) is 2.07. The van der Waals surface area contributed by atoms with Gasteiger partial charge in [-0.15, -0.1) is 0 Å². The van der Waals surface area contributed by atoms with Gasteiger partial charge in [-0.1, -0.05) is 19.1 Å². The maximum Gasteiger partial charge on any atom is 0.419 e. The molecule has 7 nitrogen and oxygen atoms in total. The smallest absolute Gasteiger partial charge is 0.419 e. The lowest BCUT2D eigenvalue weighted by molar-refractivity contribution is -0.148. The number of rotatable bonds is 7. The zero-order chi connectivity index (χ0) is 16.8. The van der Waals surface area contributed by atoms with Gasteiger partial charge in [0.05, 0.1) is 11.9 Å². The van der Waals surface area contributed by atoms with Crippen molar-refractivity contribution in [3.8, 4) is 0 Å². The molecule has 1 amide bonds. The van der Waals surface area contributed by atoms with Crippen molar-refractivity contribution in [3.05, 3.63) is 34.8 Å². The van der Waals surface area contributed by atoms with Gasteiger partial charge in [-0.25, -0.2) is 4.79 Å². The molecule has 7 heteroatoms. The highest BCUT2D eigenvalue weighted by Crippen LogP contribution is 2.12. The maximum atomic E-state index is 11.8. The topological polar surface area (TPSA) is 90.5 Å². The van der Waals surface area contributed by atoms with Gasteiger partial charge in [0.1, 0.15) is 0 Å². The molecule has 1 aromatic heterocycles. The Morgan fingerprint density at radius 1 is 1.35 bits per heavy atom. The molecule has 0 saturated carbocycles. The molecule has 0 radical (unpaired) electrons. The fraction of sp³-hybridized carbons (Fsp3) is 0.438. The van der Waals surface area contributed by atoms with E-state index in [0.29, 0.717) is 11.1 Å². The number of amides is 1. The summed E-state index contributed by atoms with van der Waals surface area (Å²) in [6.07, 6.45) is 0.788. The summed E-state index contributed by atoms with van der Waals surface area (Å²) in [4.78, 5) is 35.0.